The van der Waals surface area contributed by atoms with Crippen LogP contribution in [0.5, 0.6) is 17.2 Å². The van der Waals surface area contributed by atoms with Crippen LogP contribution in [0.4, 0.5) is 0 Å². The SMILES string of the molecule is O=C(O)c1ccccc1[O-].O=C(O)c1ccccc1[O-].O=C(O)c1ccccc1[O-].[Dy+3].c1cnc2c(c1)ccc1cccnc12. The molecule has 0 saturated heterocycles. The molecule has 0 aliphatic carbocycles. The smallest absolute Gasteiger partial charge is 0.872 e. The van der Waals surface area contributed by atoms with Crippen molar-refractivity contribution in [1.82, 2.24) is 9.97 Å². The fourth-order valence-corrected chi connectivity index (χ4v) is 3.61. The quantitative estimate of drug-likeness (QED) is 0.219. The summed E-state index contributed by atoms with van der Waals surface area (Å²) in [5.41, 5.74) is 1.42. The number of carbonyl (C=O) groups is 3. The van der Waals surface area contributed by atoms with Gasteiger partial charge in [0.15, 0.2) is 0 Å². The number of pyridine rings is 2. The number of rotatable bonds is 3. The molecule has 11 nitrogen and oxygen atoms in total. The fourth-order valence-electron chi connectivity index (χ4n) is 3.61. The molecule has 6 aromatic rings. The Labute approximate surface area is 286 Å². The van der Waals surface area contributed by atoms with Crippen LogP contribution in [0, 0.1) is 38.2 Å². The van der Waals surface area contributed by atoms with Gasteiger partial charge < -0.3 is 30.6 Å². The van der Waals surface area contributed by atoms with Gasteiger partial charge in [0.2, 0.25) is 0 Å². The number of benzene rings is 4. The second kappa shape index (κ2) is 17.8. The van der Waals surface area contributed by atoms with Crippen molar-refractivity contribution in [3.63, 3.8) is 0 Å². The number of para-hydroxylation sites is 3. The Morgan fingerprint density at radius 3 is 0.978 bits per heavy atom. The topological polar surface area (TPSA) is 207 Å². The molecule has 4 aromatic carbocycles. The minimum atomic E-state index is -1.18. The molecule has 0 spiro atoms. The van der Waals surface area contributed by atoms with E-state index in [1.54, 1.807) is 12.4 Å². The summed E-state index contributed by atoms with van der Waals surface area (Å²) >= 11 is 0. The minimum absolute atomic E-state index is 0. The standard InChI is InChI=1S/C12H8N2.3C7H6O3.Dy/c1-3-9-5-6-10-4-2-8-14-12(10)11(9)13-7-1;3*8-6-4-2-1-3-5(6)7(9)10;/h1-8H;3*1-4,8H,(H,9,10);/q;;;;+3/p-3. The Balaban J connectivity index is 0.000000211. The van der Waals surface area contributed by atoms with Gasteiger partial charge in [-0.25, -0.2) is 14.4 Å². The first-order valence-electron chi connectivity index (χ1n) is 12.7. The first-order valence-corrected chi connectivity index (χ1v) is 12.7. The summed E-state index contributed by atoms with van der Waals surface area (Å²) in [6.45, 7) is 0. The molecule has 0 aliphatic rings. The van der Waals surface area contributed by atoms with Gasteiger partial charge in [0, 0.05) is 23.2 Å². The molecule has 0 bridgehead atoms. The number of carboxylic acids is 3. The van der Waals surface area contributed by atoms with Gasteiger partial charge in [-0.15, -0.1) is 0 Å². The van der Waals surface area contributed by atoms with Crippen LogP contribution in [-0.4, -0.2) is 43.2 Å². The molecule has 0 fully saturated rings. The van der Waals surface area contributed by atoms with E-state index in [1.165, 1.54) is 72.8 Å². The van der Waals surface area contributed by atoms with Gasteiger partial charge in [0.25, 0.3) is 0 Å². The molecule has 3 N–H and O–H groups in total. The first-order chi connectivity index (χ1) is 21.1. The van der Waals surface area contributed by atoms with E-state index >= 15 is 0 Å². The van der Waals surface area contributed by atoms with E-state index in [0.717, 1.165) is 21.8 Å². The van der Waals surface area contributed by atoms with Gasteiger partial charge in [0.05, 0.1) is 27.7 Å². The predicted molar refractivity (Wildman–Crippen MR) is 156 cm³/mol. The van der Waals surface area contributed by atoms with E-state index in [-0.39, 0.29) is 54.9 Å². The molecule has 45 heavy (non-hydrogen) atoms. The van der Waals surface area contributed by atoms with Crippen molar-refractivity contribution >= 4 is 39.7 Å². The number of nitrogens with zero attached hydrogens (tertiary/aromatic N) is 2. The third-order valence-electron chi connectivity index (χ3n) is 5.70. The Hall–Kier alpha value is -5.22. The minimum Gasteiger partial charge on any atom is -0.872 e. The Morgan fingerprint density at radius 1 is 0.444 bits per heavy atom. The number of fused-ring (bicyclic) bond motifs is 3. The zero-order chi connectivity index (χ0) is 32.1. The first kappa shape index (κ1) is 36.0. The molecule has 2 aromatic heterocycles. The Kier molecular flexibility index (Phi) is 14.2. The van der Waals surface area contributed by atoms with E-state index < -0.39 is 35.2 Å². The van der Waals surface area contributed by atoms with Crippen LogP contribution in [-0.2, 0) is 0 Å². The zero-order valence-electron chi connectivity index (χ0n) is 23.0. The van der Waals surface area contributed by atoms with Crippen molar-refractivity contribution in [2.24, 2.45) is 0 Å². The van der Waals surface area contributed by atoms with Crippen LogP contribution in [0.3, 0.4) is 0 Å². The third-order valence-corrected chi connectivity index (χ3v) is 5.70. The van der Waals surface area contributed by atoms with E-state index in [4.69, 9.17) is 15.3 Å². The number of aromatic carboxylic acids is 3. The maximum Gasteiger partial charge on any atom is 3.00 e. The summed E-state index contributed by atoms with van der Waals surface area (Å²) in [6.07, 6.45) is 3.60. The second-order valence-corrected chi connectivity index (χ2v) is 8.62. The number of hydrogen-bond acceptors (Lipinski definition) is 8. The fraction of sp³-hybridized carbons (Fsp3) is 0. The summed E-state index contributed by atoms with van der Waals surface area (Å²) in [5.74, 6) is -4.87. The number of carboxylic acid groups (broad SMARTS) is 3. The molecule has 12 heteroatoms. The zero-order valence-corrected chi connectivity index (χ0v) is 25.1. The molecule has 2 heterocycles. The maximum atomic E-state index is 10.7. The monoisotopic (exact) mass is 755 g/mol. The summed E-state index contributed by atoms with van der Waals surface area (Å²) in [4.78, 5) is 39.4. The predicted octanol–water partition coefficient (Wildman–Crippen LogP) is 4.16. The second-order valence-electron chi connectivity index (χ2n) is 8.62. The molecule has 6 rings (SSSR count). The number of aromatic nitrogens is 2. The normalized spacial score (nSPS) is 9.51. The average Bonchev–Trinajstić information content (AvgIpc) is 3.02. The molecule has 229 valence electrons. The van der Waals surface area contributed by atoms with Crippen LogP contribution in [0.1, 0.15) is 31.1 Å². The van der Waals surface area contributed by atoms with Gasteiger partial charge in [-0.3, -0.25) is 9.97 Å². The van der Waals surface area contributed by atoms with E-state index in [1.807, 2.05) is 12.1 Å². The van der Waals surface area contributed by atoms with Crippen LogP contribution < -0.4 is 15.3 Å². The van der Waals surface area contributed by atoms with Gasteiger partial charge in [0.1, 0.15) is 0 Å². The van der Waals surface area contributed by atoms with Crippen molar-refractivity contribution in [3.05, 3.63) is 138 Å². The third kappa shape index (κ3) is 10.5. The van der Waals surface area contributed by atoms with Crippen LogP contribution in [0.2, 0.25) is 0 Å². The average molecular weight is 754 g/mol. The molecule has 0 unspecified atom stereocenters. The summed E-state index contributed by atoms with van der Waals surface area (Å²) in [6, 6.07) is 28.7. The molecule has 0 atom stereocenters. The van der Waals surface area contributed by atoms with Crippen molar-refractivity contribution in [2.75, 3.05) is 0 Å². The van der Waals surface area contributed by atoms with Crippen LogP contribution >= 0.6 is 0 Å². The Morgan fingerprint density at radius 2 is 0.733 bits per heavy atom. The van der Waals surface area contributed by atoms with Crippen LogP contribution in [0.15, 0.2) is 122 Å². The van der Waals surface area contributed by atoms with E-state index in [2.05, 4.69) is 34.2 Å². The summed E-state index contributed by atoms with van der Waals surface area (Å²) < 4.78 is 0. The van der Waals surface area contributed by atoms with E-state index in [0.29, 0.717) is 0 Å². The van der Waals surface area contributed by atoms with Gasteiger partial charge >= 0.3 is 56.1 Å². The van der Waals surface area contributed by atoms with Crippen molar-refractivity contribution in [1.29, 1.82) is 0 Å². The molecular formula is C33H23DyN2O9. The molecule has 0 amide bonds. The van der Waals surface area contributed by atoms with Crippen molar-refractivity contribution < 1.29 is 83.2 Å². The summed E-state index contributed by atoms with van der Waals surface area (Å²) in [7, 11) is 0. The van der Waals surface area contributed by atoms with Crippen LogP contribution in [0.25, 0.3) is 21.8 Å². The Bertz CT molecular complexity index is 1730. The molecule has 0 saturated carbocycles. The van der Waals surface area contributed by atoms with Gasteiger partial charge in [-0.1, -0.05) is 96.1 Å². The maximum absolute atomic E-state index is 10.7. The van der Waals surface area contributed by atoms with Crippen molar-refractivity contribution in [2.45, 2.75) is 0 Å². The van der Waals surface area contributed by atoms with E-state index in [9.17, 15) is 29.7 Å². The molecular weight excluding hydrogens is 731 g/mol. The number of hydrogen-bond donors (Lipinski definition) is 3. The van der Waals surface area contributed by atoms with Crippen molar-refractivity contribution in [3.8, 4) is 17.2 Å². The summed E-state index contributed by atoms with van der Waals surface area (Å²) in [5, 5.41) is 59.4. The largest absolute Gasteiger partial charge is 3.00 e. The van der Waals surface area contributed by atoms with Gasteiger partial charge in [-0.05, 0) is 30.3 Å². The van der Waals surface area contributed by atoms with Gasteiger partial charge in [-0.2, -0.15) is 0 Å². The molecule has 1 radical (unpaired) electrons. The molecule has 0 aliphatic heterocycles.